The van der Waals surface area contributed by atoms with Crippen LogP contribution in [0.4, 0.5) is 95.0 Å². The van der Waals surface area contributed by atoms with Gasteiger partial charge in [-0.3, -0.25) is 9.80 Å². The van der Waals surface area contributed by atoms with E-state index < -0.39 is 67.2 Å². The fourth-order valence-corrected chi connectivity index (χ4v) is 24.5. The fraction of sp³-hybridized carbons (Fsp3) is 0.270. The van der Waals surface area contributed by atoms with E-state index in [0.717, 1.165) is 124 Å². The van der Waals surface area contributed by atoms with E-state index in [2.05, 4.69) is 295 Å². The molecule has 2 aliphatic heterocycles. The Morgan fingerprint density at radius 1 is 0.374 bits per heavy atom. The van der Waals surface area contributed by atoms with E-state index in [1.165, 1.54) is 50.5 Å². The molecular formula is C126H119B2F6I3N4O4S2. The molecule has 0 radical (unpaired) electrons. The predicted octanol–water partition coefficient (Wildman–Crippen LogP) is 38.9. The molecule has 147 heavy (non-hydrogen) atoms. The Morgan fingerprint density at radius 3 is 1.37 bits per heavy atom. The van der Waals surface area contributed by atoms with Gasteiger partial charge in [0.2, 0.25) is 11.8 Å². The minimum absolute atomic E-state index is 0.0115. The van der Waals surface area contributed by atoms with Crippen LogP contribution < -0.4 is 45.5 Å². The number of hydrogen-bond acceptors (Lipinski definition) is 10. The first-order chi connectivity index (χ1) is 73.4. The molecule has 0 atom stereocenters. The van der Waals surface area contributed by atoms with E-state index in [1.54, 1.807) is 64.0 Å². The van der Waals surface area contributed by atoms with Crippen LogP contribution in [0, 0.1) is 0 Å². The highest BCUT2D eigenvalue weighted by molar-refractivity contribution is 14.4. The van der Waals surface area contributed by atoms with Gasteiger partial charge in [-0.1, -0.05) is 332 Å². The molecule has 4 aromatic heterocycles. The Kier molecular flexibility index (Phi) is 23.7. The number of nitrogens with zero attached hydrogens (tertiary/aromatic N) is 4. The van der Waals surface area contributed by atoms with Crippen LogP contribution >= 0.6 is 89.8 Å². The third-order valence-electron chi connectivity index (χ3n) is 29.3. The molecule has 748 valence electrons. The Hall–Kier alpha value is -11.2. The van der Waals surface area contributed by atoms with Crippen LogP contribution in [0.3, 0.4) is 0 Å². The first kappa shape index (κ1) is 90.8. The van der Waals surface area contributed by atoms with Crippen molar-refractivity contribution >= 4 is 224 Å². The highest BCUT2D eigenvalue weighted by atomic mass is 127. The summed E-state index contributed by atoms with van der Waals surface area (Å²) in [4.78, 5) is 10.5. The van der Waals surface area contributed by atoms with Gasteiger partial charge in [0.05, 0.1) is 42.1 Å². The quantitative estimate of drug-likeness (QED) is 0.0606. The van der Waals surface area contributed by atoms with Crippen LogP contribution in [-0.2, 0) is 43.3 Å². The number of furan rings is 2. The van der Waals surface area contributed by atoms with Crippen LogP contribution in [0.2, 0.25) is 0 Å². The summed E-state index contributed by atoms with van der Waals surface area (Å²) in [6, 6.07) is 75.1. The minimum atomic E-state index is -5.06. The summed E-state index contributed by atoms with van der Waals surface area (Å²) in [5.41, 5.74) is 18.9. The number of alkyl halides is 6. The molecule has 4 aliphatic rings. The number of rotatable bonds is 14. The fourth-order valence-electron chi connectivity index (χ4n) is 21.4. The number of halogens is 9. The molecule has 0 bridgehead atoms. The van der Waals surface area contributed by atoms with Crippen molar-refractivity contribution in [1.82, 2.24) is 0 Å². The topological polar surface area (TPSA) is 57.7 Å². The van der Waals surface area contributed by atoms with E-state index >= 15 is 0 Å². The molecule has 0 amide bonds. The summed E-state index contributed by atoms with van der Waals surface area (Å²) < 4.78 is 202. The first-order valence-corrected chi connectivity index (χ1v) is 54.8. The number of thiophene rings is 2. The average molecular weight is 2340 g/mol. The maximum absolute atomic E-state index is 14.9. The summed E-state index contributed by atoms with van der Waals surface area (Å²) in [5, 5.41) is 3.63. The molecule has 21 heteroatoms. The Balaban J connectivity index is 0.000000182. The lowest BCUT2D eigenvalue weighted by molar-refractivity contribution is -0.275. The van der Waals surface area contributed by atoms with Crippen LogP contribution in [0.1, 0.15) is 221 Å². The maximum Gasteiger partial charge on any atom is 0.573 e. The van der Waals surface area contributed by atoms with Gasteiger partial charge in [0.15, 0.2) is 0 Å². The number of hydrogen-bond donors (Lipinski definition) is 0. The SMILES string of the molecule is IB(I)I.[2H]c1c([2H])c([2H])c(-c2ccc3c4c(oc3c2)N(c2ccc(C(C)(C)C)cc2-c2ccccc2)c2cc(OC(F)(F)F)cc3c2B4c2cc4c5c(sc4cc2N3c2ccc(C(C)(C)C)cc2)C(C)(C)CCC5(C)C)c([2H])c1[2H].[2H]c1c([2H])c([2H])c(-c2ccc3cc(N(c4cc(OC(F)(F)F)cc(N(c5ccc(C(C)(C)C)cc5)c5ccc6c7c(sc6c5)C(C)(C)CCC7(C)C)c4)c4ccc(C(C)(C)C)cc4-c4ccccc4)oc3c2)c([2H])c1[2H]. The van der Waals surface area contributed by atoms with Crippen LogP contribution in [0.5, 0.6) is 11.5 Å². The lowest BCUT2D eigenvalue weighted by Gasteiger charge is -2.43. The molecule has 0 fully saturated rings. The second-order valence-corrected chi connectivity index (χ2v) is 58.6. The predicted molar refractivity (Wildman–Crippen MR) is 635 cm³/mol. The van der Waals surface area contributed by atoms with Crippen molar-refractivity contribution in [3.63, 3.8) is 0 Å². The van der Waals surface area contributed by atoms with Gasteiger partial charge in [0.1, 0.15) is 22.7 Å². The number of benzene rings is 14. The van der Waals surface area contributed by atoms with Gasteiger partial charge >= 0.3 is 13.0 Å². The van der Waals surface area contributed by atoms with E-state index in [4.69, 9.17) is 32.0 Å². The normalized spacial score (nSPS) is 16.0. The smallest absolute Gasteiger partial charge is 0.440 e. The number of fused-ring (bicyclic) bond motifs is 13. The van der Waals surface area contributed by atoms with Gasteiger partial charge in [0, 0.05) is 105 Å². The maximum atomic E-state index is 14.9. The van der Waals surface area contributed by atoms with Crippen molar-refractivity contribution < 1.29 is 58.4 Å². The van der Waals surface area contributed by atoms with Gasteiger partial charge in [-0.05, 0) is 242 Å². The molecule has 2 aliphatic carbocycles. The first-order valence-electron chi connectivity index (χ1n) is 54.5. The molecule has 14 aromatic carbocycles. The summed E-state index contributed by atoms with van der Waals surface area (Å²) in [6.07, 6.45) is -5.97. The van der Waals surface area contributed by atoms with Crippen molar-refractivity contribution in [3.05, 3.63) is 352 Å². The van der Waals surface area contributed by atoms with Crippen molar-refractivity contribution in [1.29, 1.82) is 0 Å². The highest BCUT2D eigenvalue weighted by Gasteiger charge is 2.51. The molecule has 22 rings (SSSR count). The Labute approximate surface area is 922 Å². The zero-order valence-electron chi connectivity index (χ0n) is 95.8. The Bertz CT molecular complexity index is 8690. The van der Waals surface area contributed by atoms with Crippen molar-refractivity contribution in [2.45, 2.75) is 220 Å². The molecule has 0 saturated heterocycles. The standard InChI is InChI=1S/C63H58BF3N2O2S.C63H61F3N2O2S.BI3/c1-59(2,3)40-22-25-42(26-23-40)68-49-36-53-46(54-57(72-53)62(9,10)30-29-61(54,7)8)35-47(49)64-55-44-27-21-39(37-17-13-11-14-18-37)31-52(44)70-58(55)69(51-34-43(71-63(65,66)67)33-50(68)56(51)64)48-28-24-41(60(4,5)6)32-45(48)38-19-15-12-16-20-38;1-59(2,3)44-23-26-46(27-24-44)67(47-28-29-51-55(39-47)71-58-57(51)61(7,8)31-32-62(58,9)10)48-36-49(38-50(37-48)70-63(64,65)66)68(53-30-25-45(60(4,5)6)35-52(53)41-19-15-12-16-20-41)56-34-43-22-21-42(33-54(43)69-56)40-17-13-11-14-18-40;2-1(3)4/h11-28,31-36H,29-30H2,1-10H3;11-30,33-39H,31-32H2,1-10H3;/i2*11D,13D,14D,17D,18D;. The van der Waals surface area contributed by atoms with E-state index in [-0.39, 0.29) is 90.2 Å². The second kappa shape index (κ2) is 38.4. The average Bonchev–Trinajstić information content (AvgIpc) is 1.58. The van der Waals surface area contributed by atoms with Gasteiger partial charge in [-0.2, -0.15) is 0 Å². The summed E-state index contributed by atoms with van der Waals surface area (Å²) in [5.74, 6) is -0.249. The third-order valence-corrected chi connectivity index (χ3v) is 32.3. The van der Waals surface area contributed by atoms with Crippen LogP contribution in [-0.4, -0.2) is 19.7 Å². The van der Waals surface area contributed by atoms with Crippen molar-refractivity contribution in [2.24, 2.45) is 0 Å². The second-order valence-electron chi connectivity index (χ2n) is 45.6. The number of anilines is 12. The minimum Gasteiger partial charge on any atom is -0.440 e. The molecule has 0 unspecified atom stereocenters. The van der Waals surface area contributed by atoms with E-state index in [1.807, 2.05) is 113 Å². The monoisotopic (exact) mass is 2340 g/mol. The summed E-state index contributed by atoms with van der Waals surface area (Å²) >= 11 is 10.5. The van der Waals surface area contributed by atoms with E-state index in [0.29, 0.717) is 67.4 Å². The molecule has 0 saturated carbocycles. The lowest BCUT2D eigenvalue weighted by atomic mass is 9.33. The molecule has 18 aromatic rings. The van der Waals surface area contributed by atoms with Gasteiger partial charge in [0.25, 0.3) is 6.71 Å². The Morgan fingerprint density at radius 2 is 0.830 bits per heavy atom. The molecule has 8 nitrogen and oxygen atoms in total. The molecule has 0 spiro atoms. The zero-order chi connectivity index (χ0) is 113. The molecule has 6 heterocycles. The largest absolute Gasteiger partial charge is 0.573 e. The summed E-state index contributed by atoms with van der Waals surface area (Å²) in [6.45, 7) is 43.6. The van der Waals surface area contributed by atoms with Crippen LogP contribution in [0.15, 0.2) is 318 Å². The van der Waals surface area contributed by atoms with Crippen LogP contribution in [0.25, 0.3) is 86.6 Å². The zero-order valence-corrected chi connectivity index (χ0v) is 93.9. The van der Waals surface area contributed by atoms with Gasteiger partial charge in [-0.25, -0.2) is 0 Å². The van der Waals surface area contributed by atoms with E-state index in [9.17, 15) is 26.3 Å². The molecular weight excluding hydrogens is 2210 g/mol. The molecule has 0 N–H and O–H groups in total. The third kappa shape index (κ3) is 20.3. The van der Waals surface area contributed by atoms with Crippen molar-refractivity contribution in [2.75, 3.05) is 19.6 Å². The highest BCUT2D eigenvalue weighted by Crippen LogP contribution is 2.60. The van der Waals surface area contributed by atoms with Crippen molar-refractivity contribution in [3.8, 4) is 56.0 Å². The van der Waals surface area contributed by atoms with Gasteiger partial charge < -0.3 is 28.1 Å². The number of ether oxygens (including phenoxy) is 2. The summed E-state index contributed by atoms with van der Waals surface area (Å²) in [7, 11) is 0. The van der Waals surface area contributed by atoms with Gasteiger partial charge in [-0.15, -0.1) is 116 Å². The lowest BCUT2D eigenvalue weighted by Crippen LogP contribution is -2.61.